The zero-order chi connectivity index (χ0) is 11.8. The molecule has 17 heavy (non-hydrogen) atoms. The van der Waals surface area contributed by atoms with Crippen molar-refractivity contribution in [3.8, 4) is 0 Å². The van der Waals surface area contributed by atoms with Gasteiger partial charge in [-0.15, -0.1) is 0 Å². The molecule has 0 aliphatic heterocycles. The second-order valence-electron chi connectivity index (χ2n) is 4.35. The van der Waals surface area contributed by atoms with Crippen molar-refractivity contribution < 1.29 is 5.11 Å². The fourth-order valence-corrected chi connectivity index (χ4v) is 2.35. The standard InChI is InChI=1S/C12H14N4O/c13-11-10-3-4-16(12(10)15-7-14-11)9-2-1-8(5-9)6-17/h1-4,7-9,17H,5-6H2,(H2,13,14,15)/t8-,9+/m0/s1. The second-order valence-corrected chi connectivity index (χ2v) is 4.35. The summed E-state index contributed by atoms with van der Waals surface area (Å²) in [5.74, 6) is 0.756. The first kappa shape index (κ1) is 10.3. The van der Waals surface area contributed by atoms with Crippen LogP contribution >= 0.6 is 0 Å². The normalized spacial score (nSPS) is 23.6. The van der Waals surface area contributed by atoms with E-state index in [0.29, 0.717) is 5.82 Å². The minimum Gasteiger partial charge on any atom is -0.396 e. The molecular weight excluding hydrogens is 216 g/mol. The smallest absolute Gasteiger partial charge is 0.146 e. The summed E-state index contributed by atoms with van der Waals surface area (Å²) in [6, 6.07) is 2.18. The Kier molecular flexibility index (Phi) is 2.33. The lowest BCUT2D eigenvalue weighted by Crippen LogP contribution is -2.07. The van der Waals surface area contributed by atoms with Gasteiger partial charge in [-0.05, 0) is 12.5 Å². The van der Waals surface area contributed by atoms with Gasteiger partial charge in [0.15, 0.2) is 0 Å². The number of fused-ring (bicyclic) bond motifs is 1. The van der Waals surface area contributed by atoms with Crippen LogP contribution in [-0.4, -0.2) is 26.2 Å². The highest BCUT2D eigenvalue weighted by atomic mass is 16.3. The molecule has 1 aliphatic carbocycles. The number of nitrogen functional groups attached to an aromatic ring is 1. The van der Waals surface area contributed by atoms with Crippen LogP contribution in [0.4, 0.5) is 5.82 Å². The second kappa shape index (κ2) is 3.85. The van der Waals surface area contributed by atoms with Gasteiger partial charge in [0, 0.05) is 18.7 Å². The Balaban J connectivity index is 2.02. The monoisotopic (exact) mass is 230 g/mol. The van der Waals surface area contributed by atoms with Crippen LogP contribution < -0.4 is 5.73 Å². The maximum atomic E-state index is 9.13. The average molecular weight is 230 g/mol. The van der Waals surface area contributed by atoms with E-state index in [9.17, 15) is 0 Å². The molecule has 0 saturated heterocycles. The predicted octanol–water partition coefficient (Wildman–Crippen LogP) is 1.12. The van der Waals surface area contributed by atoms with E-state index in [2.05, 4.69) is 26.7 Å². The third-order valence-corrected chi connectivity index (χ3v) is 3.28. The molecule has 5 nitrogen and oxygen atoms in total. The fourth-order valence-electron chi connectivity index (χ4n) is 2.35. The van der Waals surface area contributed by atoms with Gasteiger partial charge in [0.1, 0.15) is 17.8 Å². The van der Waals surface area contributed by atoms with Gasteiger partial charge in [0.25, 0.3) is 0 Å². The SMILES string of the molecule is Nc1ncnc2c1ccn2[C@@H]1C=C[C@H](CO)C1. The quantitative estimate of drug-likeness (QED) is 0.758. The molecule has 0 bridgehead atoms. The third kappa shape index (κ3) is 1.59. The molecule has 0 saturated carbocycles. The van der Waals surface area contributed by atoms with Crippen LogP contribution in [0.1, 0.15) is 12.5 Å². The zero-order valence-corrected chi connectivity index (χ0v) is 9.32. The number of hydrogen-bond donors (Lipinski definition) is 2. The summed E-state index contributed by atoms with van der Waals surface area (Å²) in [5, 5.41) is 10.0. The number of anilines is 1. The molecular formula is C12H14N4O. The Hall–Kier alpha value is -1.88. The van der Waals surface area contributed by atoms with Crippen LogP contribution in [0.2, 0.25) is 0 Å². The molecule has 0 radical (unpaired) electrons. The Bertz CT molecular complexity index is 575. The van der Waals surface area contributed by atoms with Crippen molar-refractivity contribution in [3.63, 3.8) is 0 Å². The summed E-state index contributed by atoms with van der Waals surface area (Å²) in [6.45, 7) is 0.198. The number of rotatable bonds is 2. The molecule has 88 valence electrons. The highest BCUT2D eigenvalue weighted by Gasteiger charge is 2.21. The molecule has 2 heterocycles. The first-order valence-electron chi connectivity index (χ1n) is 5.66. The number of aliphatic hydroxyl groups is 1. The van der Waals surface area contributed by atoms with Crippen molar-refractivity contribution >= 4 is 16.9 Å². The van der Waals surface area contributed by atoms with Gasteiger partial charge in [0.2, 0.25) is 0 Å². The summed E-state index contributed by atoms with van der Waals surface area (Å²) in [6.07, 6.45) is 8.53. The van der Waals surface area contributed by atoms with Crippen molar-refractivity contribution in [2.75, 3.05) is 12.3 Å². The number of nitrogens with zero attached hydrogens (tertiary/aromatic N) is 3. The highest BCUT2D eigenvalue weighted by Crippen LogP contribution is 2.31. The van der Waals surface area contributed by atoms with Crippen molar-refractivity contribution in [1.82, 2.24) is 14.5 Å². The van der Waals surface area contributed by atoms with Crippen molar-refractivity contribution in [1.29, 1.82) is 0 Å². The van der Waals surface area contributed by atoms with Gasteiger partial charge < -0.3 is 15.4 Å². The van der Waals surface area contributed by atoms with Crippen molar-refractivity contribution in [2.45, 2.75) is 12.5 Å². The lowest BCUT2D eigenvalue weighted by atomic mass is 10.1. The molecule has 0 amide bonds. The number of nitrogens with two attached hydrogens (primary N) is 1. The molecule has 3 rings (SSSR count). The van der Waals surface area contributed by atoms with Crippen LogP contribution in [-0.2, 0) is 0 Å². The first-order chi connectivity index (χ1) is 8.29. The summed E-state index contributed by atoms with van der Waals surface area (Å²) < 4.78 is 2.08. The van der Waals surface area contributed by atoms with E-state index in [4.69, 9.17) is 10.8 Å². The van der Waals surface area contributed by atoms with E-state index in [1.165, 1.54) is 6.33 Å². The van der Waals surface area contributed by atoms with E-state index >= 15 is 0 Å². The lowest BCUT2D eigenvalue weighted by Gasteiger charge is -2.13. The molecule has 3 N–H and O–H groups in total. The fraction of sp³-hybridized carbons (Fsp3) is 0.333. The van der Waals surface area contributed by atoms with Gasteiger partial charge in [-0.2, -0.15) is 0 Å². The minimum atomic E-state index is 0.198. The molecule has 0 aromatic carbocycles. The molecule has 2 aromatic heterocycles. The summed E-state index contributed by atoms with van der Waals surface area (Å²) >= 11 is 0. The first-order valence-corrected chi connectivity index (χ1v) is 5.66. The largest absolute Gasteiger partial charge is 0.396 e. The Labute approximate surface area is 98.6 Å². The van der Waals surface area contributed by atoms with Gasteiger partial charge in [-0.3, -0.25) is 0 Å². The highest BCUT2D eigenvalue weighted by molar-refractivity contribution is 5.86. The topological polar surface area (TPSA) is 77.0 Å². The Morgan fingerprint density at radius 2 is 2.29 bits per heavy atom. The van der Waals surface area contributed by atoms with Crippen LogP contribution in [0.5, 0.6) is 0 Å². The van der Waals surface area contributed by atoms with E-state index in [1.54, 1.807) is 0 Å². The van der Waals surface area contributed by atoms with Crippen molar-refractivity contribution in [3.05, 3.63) is 30.7 Å². The number of aromatic nitrogens is 3. The van der Waals surface area contributed by atoms with Gasteiger partial charge >= 0.3 is 0 Å². The van der Waals surface area contributed by atoms with Gasteiger partial charge in [-0.25, -0.2) is 9.97 Å². The maximum absolute atomic E-state index is 9.13. The molecule has 2 atom stereocenters. The average Bonchev–Trinajstić information content (AvgIpc) is 2.94. The van der Waals surface area contributed by atoms with E-state index < -0.39 is 0 Å². The van der Waals surface area contributed by atoms with Gasteiger partial charge in [-0.1, -0.05) is 12.2 Å². The molecule has 0 fully saturated rings. The number of aliphatic hydroxyl groups excluding tert-OH is 1. The van der Waals surface area contributed by atoms with Crippen molar-refractivity contribution in [2.24, 2.45) is 5.92 Å². The van der Waals surface area contributed by atoms with Crippen LogP contribution in [0.25, 0.3) is 11.0 Å². The molecule has 1 aliphatic rings. The van der Waals surface area contributed by atoms with Gasteiger partial charge in [0.05, 0.1) is 11.4 Å². The third-order valence-electron chi connectivity index (χ3n) is 3.28. The van der Waals surface area contributed by atoms with Crippen LogP contribution in [0.15, 0.2) is 30.7 Å². The predicted molar refractivity (Wildman–Crippen MR) is 65.3 cm³/mol. The Morgan fingerprint density at radius 1 is 1.41 bits per heavy atom. The molecule has 0 spiro atoms. The van der Waals surface area contributed by atoms with Crippen LogP contribution in [0, 0.1) is 5.92 Å². The maximum Gasteiger partial charge on any atom is 0.146 e. The zero-order valence-electron chi connectivity index (χ0n) is 9.32. The number of allylic oxidation sites excluding steroid dienone is 1. The number of hydrogen-bond acceptors (Lipinski definition) is 4. The summed E-state index contributed by atoms with van der Waals surface area (Å²) in [7, 11) is 0. The Morgan fingerprint density at radius 3 is 3.06 bits per heavy atom. The van der Waals surface area contributed by atoms with Crippen LogP contribution in [0.3, 0.4) is 0 Å². The minimum absolute atomic E-state index is 0.198. The summed E-state index contributed by atoms with van der Waals surface area (Å²) in [5.41, 5.74) is 6.65. The van der Waals surface area contributed by atoms with E-state index in [0.717, 1.165) is 17.5 Å². The summed E-state index contributed by atoms with van der Waals surface area (Å²) in [4.78, 5) is 8.25. The molecule has 2 aromatic rings. The van der Waals surface area contributed by atoms with E-state index in [-0.39, 0.29) is 18.6 Å². The van der Waals surface area contributed by atoms with E-state index in [1.807, 2.05) is 12.3 Å². The molecule has 5 heteroatoms. The molecule has 0 unspecified atom stereocenters. The lowest BCUT2D eigenvalue weighted by molar-refractivity contribution is 0.244.